The molecule has 4 rings (SSSR count). The maximum absolute atomic E-state index is 12.8. The molecule has 3 N–H and O–H groups in total. The van der Waals surface area contributed by atoms with E-state index in [2.05, 4.69) is 20.3 Å². The zero-order chi connectivity index (χ0) is 23.6. The second-order valence-corrected chi connectivity index (χ2v) is 10.4. The zero-order valence-electron chi connectivity index (χ0n) is 17.8. The summed E-state index contributed by atoms with van der Waals surface area (Å²) in [5.74, 6) is -0.0926. The second kappa shape index (κ2) is 9.32. The van der Waals surface area contributed by atoms with Crippen LogP contribution < -0.4 is 20.1 Å². The number of amides is 3. The number of benzene rings is 2. The third-order valence-corrected chi connectivity index (χ3v) is 7.10. The van der Waals surface area contributed by atoms with Crippen LogP contribution >= 0.6 is 11.8 Å². The van der Waals surface area contributed by atoms with Crippen molar-refractivity contribution >= 4 is 50.5 Å². The molecule has 1 aliphatic carbocycles. The number of rotatable bonds is 8. The zero-order valence-corrected chi connectivity index (χ0v) is 19.5. The third kappa shape index (κ3) is 5.57. The molecule has 3 amide bonds. The van der Waals surface area contributed by atoms with Crippen molar-refractivity contribution in [3.05, 3.63) is 42.5 Å². The number of carbonyl (C=O) groups excluding carboxylic acids is 2. The lowest BCUT2D eigenvalue weighted by Crippen LogP contribution is -2.43. The molecule has 1 heterocycles. The van der Waals surface area contributed by atoms with Crippen LogP contribution in [0.5, 0.6) is 5.75 Å². The number of ether oxygens (including phenoxy) is 1. The van der Waals surface area contributed by atoms with Crippen LogP contribution in [-0.4, -0.2) is 43.7 Å². The fourth-order valence-corrected chi connectivity index (χ4v) is 4.75. The minimum Gasteiger partial charge on any atom is -0.495 e. The Hall–Kier alpha value is -3.25. The number of sulfonamides is 1. The highest BCUT2D eigenvalue weighted by atomic mass is 32.2. The van der Waals surface area contributed by atoms with Gasteiger partial charge in [0.05, 0.1) is 22.9 Å². The predicted molar refractivity (Wildman–Crippen MR) is 123 cm³/mol. The van der Waals surface area contributed by atoms with Gasteiger partial charge < -0.3 is 14.5 Å². The number of carbonyl (C=O) groups is 2. The minimum absolute atomic E-state index is 0.00621. The summed E-state index contributed by atoms with van der Waals surface area (Å²) in [4.78, 5) is 28.2. The van der Waals surface area contributed by atoms with Gasteiger partial charge >= 0.3 is 6.03 Å². The number of nitrogens with zero attached hydrogens (tertiary/aromatic N) is 1. The number of methoxy groups -OCH3 is 1. The standard InChI is InChI=1S/C21H22N4O6S2/c1-12(19(26)24-20(27)22-13-7-8-13)32-21-23-16-11-14(9-10-18(16)31-21)33(28,29)25-15-5-3-4-6-17(15)30-2/h3-6,9-13,25H,7-8H2,1-2H3,(H2,22,24,26,27). The molecule has 1 atom stereocenters. The fourth-order valence-electron chi connectivity index (χ4n) is 2.90. The smallest absolute Gasteiger partial charge is 0.321 e. The van der Waals surface area contributed by atoms with Gasteiger partial charge in [0, 0.05) is 6.04 Å². The molecule has 12 heteroatoms. The van der Waals surface area contributed by atoms with Crippen molar-refractivity contribution in [2.75, 3.05) is 11.8 Å². The van der Waals surface area contributed by atoms with Gasteiger partial charge in [0.2, 0.25) is 5.91 Å². The van der Waals surface area contributed by atoms with Crippen molar-refractivity contribution < 1.29 is 27.2 Å². The molecular weight excluding hydrogens is 468 g/mol. The van der Waals surface area contributed by atoms with Crippen molar-refractivity contribution in [2.45, 2.75) is 41.2 Å². The van der Waals surface area contributed by atoms with Gasteiger partial charge in [0.1, 0.15) is 11.3 Å². The van der Waals surface area contributed by atoms with Crippen LogP contribution in [0, 0.1) is 0 Å². The highest BCUT2D eigenvalue weighted by Crippen LogP contribution is 2.30. The first-order valence-electron chi connectivity index (χ1n) is 10.1. The fraction of sp³-hybridized carbons (Fsp3) is 0.286. The summed E-state index contributed by atoms with van der Waals surface area (Å²) >= 11 is 1.02. The molecule has 174 valence electrons. The Bertz CT molecular complexity index is 1300. The number of hydrogen-bond donors (Lipinski definition) is 3. The number of thioether (sulfide) groups is 1. The Morgan fingerprint density at radius 1 is 1.21 bits per heavy atom. The van der Waals surface area contributed by atoms with E-state index in [1.54, 1.807) is 31.2 Å². The molecule has 2 aromatic carbocycles. The number of para-hydroxylation sites is 2. The topological polar surface area (TPSA) is 140 Å². The SMILES string of the molecule is COc1ccccc1NS(=O)(=O)c1ccc2oc(SC(C)C(=O)NC(=O)NC3CC3)nc2c1. The van der Waals surface area contributed by atoms with Crippen LogP contribution in [0.3, 0.4) is 0 Å². The van der Waals surface area contributed by atoms with E-state index in [1.807, 2.05) is 0 Å². The quantitative estimate of drug-likeness (QED) is 0.409. The van der Waals surface area contributed by atoms with Crippen LogP contribution in [0.2, 0.25) is 0 Å². The van der Waals surface area contributed by atoms with Crippen LogP contribution in [0.1, 0.15) is 19.8 Å². The number of anilines is 1. The minimum atomic E-state index is -3.91. The van der Waals surface area contributed by atoms with Crippen LogP contribution in [0.4, 0.5) is 10.5 Å². The molecule has 0 radical (unpaired) electrons. The summed E-state index contributed by atoms with van der Waals surface area (Å²) < 4.78 is 39.0. The Kier molecular flexibility index (Phi) is 6.47. The molecule has 1 aliphatic rings. The molecule has 3 aromatic rings. The first kappa shape index (κ1) is 22.9. The molecular formula is C21H22N4O6S2. The summed E-state index contributed by atoms with van der Waals surface area (Å²) in [7, 11) is -2.46. The van der Waals surface area contributed by atoms with Gasteiger partial charge in [0.15, 0.2) is 5.58 Å². The molecule has 1 saturated carbocycles. The lowest BCUT2D eigenvalue weighted by atomic mass is 10.3. The summed E-state index contributed by atoms with van der Waals surface area (Å²) in [5.41, 5.74) is 0.995. The maximum atomic E-state index is 12.8. The Morgan fingerprint density at radius 2 is 1.97 bits per heavy atom. The normalized spacial score (nSPS) is 14.5. The molecule has 0 aliphatic heterocycles. The lowest BCUT2D eigenvalue weighted by Gasteiger charge is -2.11. The molecule has 10 nitrogen and oxygen atoms in total. The van der Waals surface area contributed by atoms with E-state index in [-0.39, 0.29) is 16.2 Å². The van der Waals surface area contributed by atoms with Gasteiger partial charge in [-0.05, 0) is 50.1 Å². The number of urea groups is 1. The summed E-state index contributed by atoms with van der Waals surface area (Å²) in [6.07, 6.45) is 1.84. The van der Waals surface area contributed by atoms with Gasteiger partial charge in [-0.2, -0.15) is 0 Å². The van der Waals surface area contributed by atoms with Crippen molar-refractivity contribution in [3.63, 3.8) is 0 Å². The Morgan fingerprint density at radius 3 is 2.70 bits per heavy atom. The first-order valence-corrected chi connectivity index (χ1v) is 12.5. The van der Waals surface area contributed by atoms with Crippen LogP contribution in [0.15, 0.2) is 57.0 Å². The maximum Gasteiger partial charge on any atom is 0.321 e. The second-order valence-electron chi connectivity index (χ2n) is 7.41. The van der Waals surface area contributed by atoms with Crippen molar-refractivity contribution in [2.24, 2.45) is 0 Å². The molecule has 1 aromatic heterocycles. The highest BCUT2D eigenvalue weighted by Gasteiger charge is 2.26. The van der Waals surface area contributed by atoms with Gasteiger partial charge in [0.25, 0.3) is 15.2 Å². The summed E-state index contributed by atoms with van der Waals surface area (Å²) in [6, 6.07) is 10.6. The van der Waals surface area contributed by atoms with Crippen LogP contribution in [-0.2, 0) is 14.8 Å². The molecule has 1 fully saturated rings. The van der Waals surface area contributed by atoms with Gasteiger partial charge in [-0.3, -0.25) is 14.8 Å². The van der Waals surface area contributed by atoms with E-state index in [4.69, 9.17) is 9.15 Å². The number of nitrogens with one attached hydrogen (secondary N) is 3. The summed E-state index contributed by atoms with van der Waals surface area (Å²) in [5, 5.41) is 4.50. The number of hydrogen-bond acceptors (Lipinski definition) is 8. The summed E-state index contributed by atoms with van der Waals surface area (Å²) in [6.45, 7) is 1.62. The Labute approximate surface area is 194 Å². The number of aromatic nitrogens is 1. The van der Waals surface area contributed by atoms with E-state index in [0.29, 0.717) is 22.5 Å². The number of fused-ring (bicyclic) bond motifs is 1. The van der Waals surface area contributed by atoms with Crippen molar-refractivity contribution in [1.82, 2.24) is 15.6 Å². The van der Waals surface area contributed by atoms with Crippen molar-refractivity contribution in [1.29, 1.82) is 0 Å². The lowest BCUT2D eigenvalue weighted by molar-refractivity contribution is -0.119. The predicted octanol–water partition coefficient (Wildman–Crippen LogP) is 3.11. The average molecular weight is 491 g/mol. The molecule has 0 bridgehead atoms. The molecule has 0 spiro atoms. The van der Waals surface area contributed by atoms with Gasteiger partial charge in [-0.25, -0.2) is 18.2 Å². The molecule has 0 saturated heterocycles. The van der Waals surface area contributed by atoms with Gasteiger partial charge in [-0.1, -0.05) is 23.9 Å². The van der Waals surface area contributed by atoms with Gasteiger partial charge in [-0.15, -0.1) is 0 Å². The number of oxazole rings is 1. The van der Waals surface area contributed by atoms with Crippen LogP contribution in [0.25, 0.3) is 11.1 Å². The molecule has 1 unspecified atom stereocenters. The first-order chi connectivity index (χ1) is 15.7. The van der Waals surface area contributed by atoms with Crippen molar-refractivity contribution in [3.8, 4) is 5.75 Å². The van der Waals surface area contributed by atoms with E-state index in [9.17, 15) is 18.0 Å². The Balaban J connectivity index is 1.46. The van der Waals surface area contributed by atoms with E-state index >= 15 is 0 Å². The largest absolute Gasteiger partial charge is 0.495 e. The average Bonchev–Trinajstić information content (AvgIpc) is 3.49. The monoisotopic (exact) mass is 490 g/mol. The highest BCUT2D eigenvalue weighted by molar-refractivity contribution is 8.00. The number of imide groups is 1. The van der Waals surface area contributed by atoms with E-state index in [0.717, 1.165) is 24.6 Å². The molecule has 33 heavy (non-hydrogen) atoms. The van der Waals surface area contributed by atoms with E-state index < -0.39 is 27.2 Å². The third-order valence-electron chi connectivity index (χ3n) is 4.80. The van der Waals surface area contributed by atoms with E-state index in [1.165, 1.54) is 25.3 Å².